The first-order valence-electron chi connectivity index (χ1n) is 6.56. The predicted molar refractivity (Wildman–Crippen MR) is 81.6 cm³/mol. The molecule has 2 rings (SSSR count). The summed E-state index contributed by atoms with van der Waals surface area (Å²) < 4.78 is 38.1. The summed E-state index contributed by atoms with van der Waals surface area (Å²) in [6.45, 7) is 0.358. The highest BCUT2D eigenvalue weighted by molar-refractivity contribution is 9.10. The van der Waals surface area contributed by atoms with Crippen molar-refractivity contribution in [3.63, 3.8) is 0 Å². The van der Waals surface area contributed by atoms with Crippen molar-refractivity contribution in [3.8, 4) is 0 Å². The number of amides is 1. The molecule has 1 N–H and O–H groups in total. The summed E-state index contributed by atoms with van der Waals surface area (Å²) in [6, 6.07) is 11.9. The van der Waals surface area contributed by atoms with Crippen LogP contribution >= 0.6 is 15.9 Å². The van der Waals surface area contributed by atoms with Crippen LogP contribution in [0.2, 0.25) is 0 Å². The largest absolute Gasteiger partial charge is 0.416 e. The van der Waals surface area contributed by atoms with Crippen molar-refractivity contribution in [2.24, 2.45) is 0 Å². The zero-order valence-electron chi connectivity index (χ0n) is 11.5. The second-order valence-corrected chi connectivity index (χ2v) is 5.63. The van der Waals surface area contributed by atoms with Gasteiger partial charge in [-0.25, -0.2) is 0 Å². The first-order valence-corrected chi connectivity index (χ1v) is 7.35. The van der Waals surface area contributed by atoms with Gasteiger partial charge < -0.3 is 5.32 Å². The van der Waals surface area contributed by atoms with Gasteiger partial charge in [-0.1, -0.05) is 34.1 Å². The Bertz CT molecular complexity index is 653. The highest BCUT2D eigenvalue weighted by Gasteiger charge is 2.29. The number of rotatable bonds is 4. The van der Waals surface area contributed by atoms with Crippen LogP contribution in [-0.2, 0) is 12.6 Å². The highest BCUT2D eigenvalue weighted by Crippen LogP contribution is 2.29. The van der Waals surface area contributed by atoms with Crippen molar-refractivity contribution < 1.29 is 18.0 Å². The second-order valence-electron chi connectivity index (χ2n) is 4.71. The fraction of sp³-hybridized carbons (Fsp3) is 0.188. The van der Waals surface area contributed by atoms with Gasteiger partial charge in [0.15, 0.2) is 0 Å². The van der Waals surface area contributed by atoms with Gasteiger partial charge in [-0.3, -0.25) is 4.79 Å². The van der Waals surface area contributed by atoms with E-state index in [0.29, 0.717) is 18.5 Å². The molecule has 0 aromatic heterocycles. The third-order valence-electron chi connectivity index (χ3n) is 3.07. The summed E-state index contributed by atoms with van der Waals surface area (Å²) in [5.41, 5.74) is 0.596. The number of carbonyl (C=O) groups is 1. The lowest BCUT2D eigenvalue weighted by atomic mass is 10.1. The fourth-order valence-corrected chi connectivity index (χ4v) is 2.31. The van der Waals surface area contributed by atoms with Gasteiger partial charge in [0.1, 0.15) is 0 Å². The Balaban J connectivity index is 1.87. The van der Waals surface area contributed by atoms with E-state index in [9.17, 15) is 18.0 Å². The van der Waals surface area contributed by atoms with Crippen molar-refractivity contribution in [2.45, 2.75) is 12.6 Å². The molecule has 0 bridgehead atoms. The van der Waals surface area contributed by atoms with E-state index in [-0.39, 0.29) is 5.91 Å². The van der Waals surface area contributed by atoms with Crippen LogP contribution in [0, 0.1) is 0 Å². The average Bonchev–Trinajstić information content (AvgIpc) is 2.47. The third-order valence-corrected chi connectivity index (χ3v) is 3.56. The average molecular weight is 372 g/mol. The minimum Gasteiger partial charge on any atom is -0.352 e. The Hall–Kier alpha value is -1.82. The van der Waals surface area contributed by atoms with Crippen molar-refractivity contribution in [2.75, 3.05) is 6.54 Å². The van der Waals surface area contributed by atoms with E-state index >= 15 is 0 Å². The minimum absolute atomic E-state index is 0.215. The van der Waals surface area contributed by atoms with Crippen LogP contribution in [0.5, 0.6) is 0 Å². The molecular formula is C16H13BrF3NO. The molecule has 0 fully saturated rings. The molecule has 0 radical (unpaired) electrons. The topological polar surface area (TPSA) is 29.1 Å². The summed E-state index contributed by atoms with van der Waals surface area (Å²) in [5.74, 6) is -0.215. The first-order chi connectivity index (χ1) is 10.4. The molecule has 2 aromatic rings. The van der Waals surface area contributed by atoms with Crippen LogP contribution in [0.4, 0.5) is 13.2 Å². The Labute approximate surface area is 134 Å². The van der Waals surface area contributed by atoms with Crippen molar-refractivity contribution >= 4 is 21.8 Å². The van der Waals surface area contributed by atoms with Gasteiger partial charge in [-0.15, -0.1) is 0 Å². The van der Waals surface area contributed by atoms with E-state index in [1.807, 2.05) is 6.07 Å². The van der Waals surface area contributed by atoms with E-state index in [2.05, 4.69) is 21.2 Å². The molecule has 22 heavy (non-hydrogen) atoms. The number of nitrogens with one attached hydrogen (secondary N) is 1. The second kappa shape index (κ2) is 6.96. The number of carbonyl (C=O) groups excluding carboxylic acids is 1. The van der Waals surface area contributed by atoms with Gasteiger partial charge in [0.25, 0.3) is 5.91 Å². The number of alkyl halides is 3. The number of hydrogen-bond acceptors (Lipinski definition) is 1. The van der Waals surface area contributed by atoms with Crippen molar-refractivity contribution in [3.05, 3.63) is 69.7 Å². The van der Waals surface area contributed by atoms with Crippen molar-refractivity contribution in [1.29, 1.82) is 0 Å². The molecule has 0 unspecified atom stereocenters. The normalized spacial score (nSPS) is 11.3. The molecule has 0 spiro atoms. The van der Waals surface area contributed by atoms with E-state index < -0.39 is 11.7 Å². The number of benzene rings is 2. The molecule has 0 aliphatic heterocycles. The molecule has 0 saturated heterocycles. The lowest BCUT2D eigenvalue weighted by Crippen LogP contribution is -2.25. The first kappa shape index (κ1) is 16.5. The molecule has 2 nitrogen and oxygen atoms in total. The summed E-state index contributed by atoms with van der Waals surface area (Å²) >= 11 is 3.29. The van der Waals surface area contributed by atoms with E-state index in [1.165, 1.54) is 12.1 Å². The molecule has 1 amide bonds. The van der Waals surface area contributed by atoms with E-state index in [0.717, 1.165) is 22.2 Å². The fourth-order valence-electron chi connectivity index (χ4n) is 1.91. The lowest BCUT2D eigenvalue weighted by Gasteiger charge is -2.08. The van der Waals surface area contributed by atoms with Gasteiger partial charge in [0.05, 0.1) is 5.56 Å². The number of hydrogen-bond donors (Lipinski definition) is 1. The van der Waals surface area contributed by atoms with E-state index in [1.54, 1.807) is 18.2 Å². The molecule has 0 atom stereocenters. The summed E-state index contributed by atoms with van der Waals surface area (Å²) in [7, 11) is 0. The SMILES string of the molecule is O=C(NCCc1ccc(C(F)(F)F)cc1)c1cccc(Br)c1. The quantitative estimate of drug-likeness (QED) is 0.845. The van der Waals surface area contributed by atoms with Crippen LogP contribution < -0.4 is 5.32 Å². The molecule has 0 saturated carbocycles. The molecule has 116 valence electrons. The Morgan fingerprint density at radius 3 is 2.36 bits per heavy atom. The molecule has 0 aliphatic rings. The Morgan fingerprint density at radius 1 is 1.09 bits per heavy atom. The van der Waals surface area contributed by atoms with Gasteiger partial charge in [-0.05, 0) is 42.3 Å². The zero-order valence-corrected chi connectivity index (χ0v) is 13.0. The van der Waals surface area contributed by atoms with Crippen LogP contribution in [0.3, 0.4) is 0 Å². The zero-order chi connectivity index (χ0) is 16.2. The van der Waals surface area contributed by atoms with Crippen molar-refractivity contribution in [1.82, 2.24) is 5.32 Å². The molecule has 0 aliphatic carbocycles. The summed E-state index contributed by atoms with van der Waals surface area (Å²) in [5, 5.41) is 2.74. The summed E-state index contributed by atoms with van der Waals surface area (Å²) in [4.78, 5) is 11.9. The lowest BCUT2D eigenvalue weighted by molar-refractivity contribution is -0.137. The summed E-state index contributed by atoms with van der Waals surface area (Å²) in [6.07, 6.45) is -3.86. The minimum atomic E-state index is -4.33. The Morgan fingerprint density at radius 2 is 1.77 bits per heavy atom. The van der Waals surface area contributed by atoms with Gasteiger partial charge in [0, 0.05) is 16.6 Å². The molecular weight excluding hydrogens is 359 g/mol. The molecule has 0 heterocycles. The number of halogens is 4. The highest BCUT2D eigenvalue weighted by atomic mass is 79.9. The Kier molecular flexibility index (Phi) is 5.24. The molecule has 6 heteroatoms. The standard InChI is InChI=1S/C16H13BrF3NO/c17-14-3-1-2-12(10-14)15(22)21-9-8-11-4-6-13(7-5-11)16(18,19)20/h1-7,10H,8-9H2,(H,21,22). The molecule has 2 aromatic carbocycles. The maximum Gasteiger partial charge on any atom is 0.416 e. The van der Waals surface area contributed by atoms with Crippen LogP contribution in [0.25, 0.3) is 0 Å². The monoisotopic (exact) mass is 371 g/mol. The maximum atomic E-state index is 12.4. The van der Waals surface area contributed by atoms with Gasteiger partial charge in [0.2, 0.25) is 0 Å². The predicted octanol–water partition coefficient (Wildman–Crippen LogP) is 4.44. The van der Waals surface area contributed by atoms with Crippen LogP contribution in [0.1, 0.15) is 21.5 Å². The van der Waals surface area contributed by atoms with Gasteiger partial charge >= 0.3 is 6.18 Å². The van der Waals surface area contributed by atoms with Crippen LogP contribution in [0.15, 0.2) is 53.0 Å². The third kappa shape index (κ3) is 4.59. The van der Waals surface area contributed by atoms with E-state index in [4.69, 9.17) is 0 Å². The maximum absolute atomic E-state index is 12.4. The van der Waals surface area contributed by atoms with Crippen LogP contribution in [-0.4, -0.2) is 12.5 Å². The van der Waals surface area contributed by atoms with Gasteiger partial charge in [-0.2, -0.15) is 13.2 Å². The smallest absolute Gasteiger partial charge is 0.352 e.